The summed E-state index contributed by atoms with van der Waals surface area (Å²) in [5.74, 6) is -1.64. The largest absolute Gasteiger partial charge is 0.481 e. The predicted octanol–water partition coefficient (Wildman–Crippen LogP) is 6.39. The van der Waals surface area contributed by atoms with Gasteiger partial charge in [0.15, 0.2) is 0 Å². The molecule has 1 atom stereocenters. The average Bonchev–Trinajstić information content (AvgIpc) is 3.08. The molecule has 1 unspecified atom stereocenters. The van der Waals surface area contributed by atoms with Crippen molar-refractivity contribution >= 4 is 40.3 Å². The fourth-order valence-corrected chi connectivity index (χ4v) is 5.62. The van der Waals surface area contributed by atoms with Crippen LogP contribution in [0.15, 0.2) is 59.4 Å². The summed E-state index contributed by atoms with van der Waals surface area (Å²) in [6.45, 7) is 5.89. The SMILES string of the molecule is CCCCCCCCCCCC(=O)O.O=C(NC(Cc1cc(=O)[nH]c2ccccc12)C(=O)OCCN1CCOCC1)c1ccc(Cl)cc1. The topological polar surface area (TPSA) is 138 Å². The number of para-hydroxylation sites is 1. The second kappa shape index (κ2) is 22.0. The Morgan fingerprint density at radius 2 is 1.60 bits per heavy atom. The third-order valence-electron chi connectivity index (χ3n) is 8.21. The number of nitrogens with one attached hydrogen (secondary N) is 2. The van der Waals surface area contributed by atoms with E-state index >= 15 is 0 Å². The summed E-state index contributed by atoms with van der Waals surface area (Å²) in [5, 5.41) is 12.5. The first kappa shape index (κ1) is 38.7. The van der Waals surface area contributed by atoms with Crippen molar-refractivity contribution in [3.05, 3.63) is 81.1 Å². The van der Waals surface area contributed by atoms with Crippen molar-refractivity contribution in [1.82, 2.24) is 15.2 Å². The van der Waals surface area contributed by atoms with Crippen LogP contribution in [-0.4, -0.2) is 78.3 Å². The average molecular weight is 684 g/mol. The predicted molar refractivity (Wildman–Crippen MR) is 189 cm³/mol. The van der Waals surface area contributed by atoms with E-state index < -0.39 is 23.9 Å². The van der Waals surface area contributed by atoms with Gasteiger partial charge in [0.05, 0.1) is 13.2 Å². The highest BCUT2D eigenvalue weighted by atomic mass is 35.5. The summed E-state index contributed by atoms with van der Waals surface area (Å²) in [7, 11) is 0. The number of hydrogen-bond acceptors (Lipinski definition) is 7. The summed E-state index contributed by atoms with van der Waals surface area (Å²) in [5.41, 5.74) is 1.39. The van der Waals surface area contributed by atoms with Gasteiger partial charge in [-0.1, -0.05) is 88.1 Å². The number of esters is 1. The van der Waals surface area contributed by atoms with E-state index in [1.165, 1.54) is 51.0 Å². The summed E-state index contributed by atoms with van der Waals surface area (Å²) >= 11 is 5.92. The number of carbonyl (C=O) groups is 3. The van der Waals surface area contributed by atoms with E-state index in [0.717, 1.165) is 31.3 Å². The molecule has 11 heteroatoms. The molecule has 262 valence electrons. The number of unbranched alkanes of at least 4 members (excludes halogenated alkanes) is 8. The minimum atomic E-state index is -0.974. The van der Waals surface area contributed by atoms with Crippen LogP contribution in [0.5, 0.6) is 0 Å². The summed E-state index contributed by atoms with van der Waals surface area (Å²) in [6.07, 6.45) is 11.6. The molecule has 1 saturated heterocycles. The molecule has 1 amide bonds. The Hall–Kier alpha value is -3.73. The lowest BCUT2D eigenvalue weighted by Crippen LogP contribution is -2.44. The lowest BCUT2D eigenvalue weighted by molar-refractivity contribution is -0.146. The molecule has 1 fully saturated rings. The fraction of sp³-hybridized carbons (Fsp3) is 0.514. The lowest BCUT2D eigenvalue weighted by atomic mass is 10.0. The number of halogens is 1. The van der Waals surface area contributed by atoms with Crippen LogP contribution < -0.4 is 10.9 Å². The lowest BCUT2D eigenvalue weighted by Gasteiger charge is -2.26. The van der Waals surface area contributed by atoms with Crippen molar-refractivity contribution in [3.8, 4) is 0 Å². The van der Waals surface area contributed by atoms with Crippen LogP contribution in [0.25, 0.3) is 10.9 Å². The Bertz CT molecular complexity index is 1470. The molecule has 4 rings (SSSR count). The number of carboxylic acid groups (broad SMARTS) is 1. The molecule has 0 saturated carbocycles. The number of ether oxygens (including phenoxy) is 2. The van der Waals surface area contributed by atoms with Crippen molar-refractivity contribution in [3.63, 3.8) is 0 Å². The maximum Gasteiger partial charge on any atom is 0.329 e. The van der Waals surface area contributed by atoms with Crippen molar-refractivity contribution in [2.45, 2.75) is 83.6 Å². The molecule has 1 aliphatic heterocycles. The minimum absolute atomic E-state index is 0.111. The van der Waals surface area contributed by atoms with Gasteiger partial charge in [-0.2, -0.15) is 0 Å². The Morgan fingerprint density at radius 1 is 0.958 bits per heavy atom. The molecule has 48 heavy (non-hydrogen) atoms. The first-order chi connectivity index (χ1) is 23.3. The number of fused-ring (bicyclic) bond motifs is 1. The van der Waals surface area contributed by atoms with Crippen LogP contribution in [0, 0.1) is 0 Å². The zero-order valence-corrected chi connectivity index (χ0v) is 28.8. The molecule has 1 aliphatic rings. The number of pyridine rings is 1. The Balaban J connectivity index is 0.000000378. The van der Waals surface area contributed by atoms with E-state index in [0.29, 0.717) is 47.8 Å². The smallest absolute Gasteiger partial charge is 0.329 e. The van der Waals surface area contributed by atoms with Crippen molar-refractivity contribution < 1.29 is 29.0 Å². The first-order valence-corrected chi connectivity index (χ1v) is 17.5. The highest BCUT2D eigenvalue weighted by molar-refractivity contribution is 6.30. The quantitative estimate of drug-likeness (QED) is 0.104. The minimum Gasteiger partial charge on any atom is -0.481 e. The maximum atomic E-state index is 13.0. The molecule has 2 heterocycles. The standard InChI is InChI=1S/C25H26ClN3O5.C12H24O2/c26-19-7-5-17(6-8-19)24(31)28-22(25(32)34-14-11-29-9-12-33-13-10-29)15-18-16-23(30)27-21-4-2-1-3-20(18)21;1-2-3-4-5-6-7-8-9-10-11-12(13)14/h1-8,16,22H,9-15H2,(H,27,30)(H,28,31);2-11H2,1H3,(H,13,14). The first-order valence-electron chi connectivity index (χ1n) is 17.1. The Kier molecular flexibility index (Phi) is 17.8. The van der Waals surface area contributed by atoms with Gasteiger partial charge in [-0.3, -0.25) is 19.3 Å². The summed E-state index contributed by atoms with van der Waals surface area (Å²) in [6, 6.07) is 14.2. The number of morpholine rings is 1. The number of H-pyrrole nitrogens is 1. The van der Waals surface area contributed by atoms with Crippen LogP contribution in [0.4, 0.5) is 0 Å². The number of hydrogen-bond donors (Lipinski definition) is 3. The van der Waals surface area contributed by atoms with Crippen molar-refractivity contribution in [2.75, 3.05) is 39.5 Å². The normalized spacial score (nSPS) is 13.7. The molecule has 2 aromatic carbocycles. The van der Waals surface area contributed by atoms with E-state index in [4.69, 9.17) is 26.2 Å². The van der Waals surface area contributed by atoms with Crippen LogP contribution in [0.1, 0.15) is 87.1 Å². The van der Waals surface area contributed by atoms with Crippen LogP contribution in [0.3, 0.4) is 0 Å². The highest BCUT2D eigenvalue weighted by Crippen LogP contribution is 2.18. The van der Waals surface area contributed by atoms with Crippen LogP contribution >= 0.6 is 11.6 Å². The summed E-state index contributed by atoms with van der Waals surface area (Å²) < 4.78 is 10.9. The second-order valence-electron chi connectivity index (χ2n) is 12.0. The number of carbonyl (C=O) groups excluding carboxylic acids is 2. The van der Waals surface area contributed by atoms with Gasteiger partial charge in [0.1, 0.15) is 12.6 Å². The third-order valence-corrected chi connectivity index (χ3v) is 8.46. The van der Waals surface area contributed by atoms with Gasteiger partial charge in [0.25, 0.3) is 5.91 Å². The molecular formula is C37H50ClN3O7. The number of aliphatic carboxylic acids is 1. The summed E-state index contributed by atoms with van der Waals surface area (Å²) in [4.78, 5) is 53.2. The number of aromatic nitrogens is 1. The van der Waals surface area contributed by atoms with Gasteiger partial charge in [-0.25, -0.2) is 4.79 Å². The van der Waals surface area contributed by atoms with E-state index in [9.17, 15) is 19.2 Å². The van der Waals surface area contributed by atoms with Gasteiger partial charge in [0, 0.05) is 60.0 Å². The molecule has 3 N–H and O–H groups in total. The van der Waals surface area contributed by atoms with Crippen molar-refractivity contribution in [1.29, 1.82) is 0 Å². The number of aromatic amines is 1. The zero-order chi connectivity index (χ0) is 34.6. The van der Waals surface area contributed by atoms with Crippen LogP contribution in [-0.2, 0) is 25.5 Å². The van der Waals surface area contributed by atoms with Gasteiger partial charge < -0.3 is 24.9 Å². The maximum absolute atomic E-state index is 13.0. The monoisotopic (exact) mass is 683 g/mol. The van der Waals surface area contributed by atoms with Gasteiger partial charge in [-0.05, 0) is 42.3 Å². The number of rotatable bonds is 18. The fourth-order valence-electron chi connectivity index (χ4n) is 5.49. The zero-order valence-electron chi connectivity index (χ0n) is 28.0. The molecule has 10 nitrogen and oxygen atoms in total. The number of amides is 1. The van der Waals surface area contributed by atoms with E-state index in [-0.39, 0.29) is 18.6 Å². The molecular weight excluding hydrogens is 634 g/mol. The van der Waals surface area contributed by atoms with E-state index in [1.807, 2.05) is 18.2 Å². The molecule has 0 radical (unpaired) electrons. The number of nitrogens with zero attached hydrogens (tertiary/aromatic N) is 1. The molecule has 0 spiro atoms. The van der Waals surface area contributed by atoms with Crippen molar-refractivity contribution in [2.24, 2.45) is 0 Å². The Morgan fingerprint density at radius 3 is 2.27 bits per heavy atom. The number of carboxylic acids is 1. The molecule has 1 aromatic heterocycles. The third kappa shape index (κ3) is 14.6. The highest BCUT2D eigenvalue weighted by Gasteiger charge is 2.25. The Labute approximate surface area is 288 Å². The number of benzene rings is 2. The van der Waals surface area contributed by atoms with E-state index in [1.54, 1.807) is 30.3 Å². The van der Waals surface area contributed by atoms with Crippen LogP contribution in [0.2, 0.25) is 5.02 Å². The molecule has 0 bridgehead atoms. The van der Waals surface area contributed by atoms with Gasteiger partial charge >= 0.3 is 11.9 Å². The van der Waals surface area contributed by atoms with E-state index in [2.05, 4.69) is 22.1 Å². The van der Waals surface area contributed by atoms with Gasteiger partial charge in [-0.15, -0.1) is 0 Å². The second-order valence-corrected chi connectivity index (χ2v) is 12.5. The molecule has 0 aliphatic carbocycles. The molecule has 3 aromatic rings. The van der Waals surface area contributed by atoms with Gasteiger partial charge in [0.2, 0.25) is 5.56 Å².